The first-order chi connectivity index (χ1) is 13.5. The molecule has 0 aliphatic carbocycles. The van der Waals surface area contributed by atoms with Gasteiger partial charge in [0.25, 0.3) is 5.91 Å². The second-order valence-corrected chi connectivity index (χ2v) is 8.21. The van der Waals surface area contributed by atoms with Crippen LogP contribution in [0.5, 0.6) is 5.75 Å². The van der Waals surface area contributed by atoms with Crippen LogP contribution in [0, 0.1) is 13.8 Å². The molecule has 1 fully saturated rings. The fourth-order valence-corrected chi connectivity index (χ4v) is 4.63. The number of carbonyl (C=O) groups is 1. The Labute approximate surface area is 173 Å². The third-order valence-corrected chi connectivity index (χ3v) is 5.98. The predicted octanol–water partition coefficient (Wildman–Crippen LogP) is 5.21. The second kappa shape index (κ2) is 7.30. The van der Waals surface area contributed by atoms with Gasteiger partial charge in [-0.2, -0.15) is 0 Å². The molecule has 0 spiro atoms. The average Bonchev–Trinajstić information content (AvgIpc) is 3.12. The predicted molar refractivity (Wildman–Crippen MR) is 119 cm³/mol. The van der Waals surface area contributed by atoms with Crippen molar-refractivity contribution in [3.05, 3.63) is 82.5 Å². The van der Waals surface area contributed by atoms with Gasteiger partial charge in [-0.05, 0) is 68.0 Å². The number of aromatic hydroxyl groups is 1. The van der Waals surface area contributed by atoms with E-state index in [1.165, 1.54) is 11.8 Å². The first-order valence-electron chi connectivity index (χ1n) is 8.77. The van der Waals surface area contributed by atoms with E-state index in [2.05, 4.69) is 10.6 Å². The summed E-state index contributed by atoms with van der Waals surface area (Å²) in [7, 11) is 0. The Morgan fingerprint density at radius 2 is 1.68 bits per heavy atom. The van der Waals surface area contributed by atoms with Gasteiger partial charge in [-0.1, -0.05) is 42.2 Å². The molecule has 0 radical (unpaired) electrons. The molecule has 1 N–H and O–H groups in total. The van der Waals surface area contributed by atoms with Crippen molar-refractivity contribution in [2.45, 2.75) is 13.8 Å². The number of amides is 1. The van der Waals surface area contributed by atoms with Crippen molar-refractivity contribution < 1.29 is 9.90 Å². The minimum Gasteiger partial charge on any atom is -0.508 e. The first-order valence-corrected chi connectivity index (χ1v) is 9.99. The molecule has 2 heterocycles. The first kappa shape index (κ1) is 18.5. The Balaban J connectivity index is 1.70. The largest absolute Gasteiger partial charge is 0.508 e. The van der Waals surface area contributed by atoms with E-state index < -0.39 is 0 Å². The Kier molecular flexibility index (Phi) is 4.83. The maximum Gasteiger partial charge on any atom is 0.270 e. The standard InChI is InChI=1S/C22H18N2O2S2/c1-14-12-16(15(2)23(14)18-8-10-19(25)11-9-18)13-20-21(26)24(22(27)28-20)17-6-4-3-5-7-17/h3-13,25H,1-2H3/b20-13+. The Hall–Kier alpha value is -2.83. The van der Waals surface area contributed by atoms with Crippen LogP contribution in [0.4, 0.5) is 5.69 Å². The number of hydrogen-bond donors (Lipinski definition) is 1. The van der Waals surface area contributed by atoms with Gasteiger partial charge >= 0.3 is 0 Å². The molecule has 1 saturated heterocycles. The summed E-state index contributed by atoms with van der Waals surface area (Å²) in [5, 5.41) is 9.53. The molecular weight excluding hydrogens is 388 g/mol. The monoisotopic (exact) mass is 406 g/mol. The molecule has 0 atom stereocenters. The number of rotatable bonds is 3. The molecule has 0 unspecified atom stereocenters. The van der Waals surface area contributed by atoms with Gasteiger partial charge in [-0.3, -0.25) is 9.69 Å². The third-order valence-electron chi connectivity index (χ3n) is 4.67. The van der Waals surface area contributed by atoms with E-state index in [0.29, 0.717) is 9.23 Å². The van der Waals surface area contributed by atoms with Gasteiger partial charge in [0.05, 0.1) is 10.6 Å². The van der Waals surface area contributed by atoms with Gasteiger partial charge in [0, 0.05) is 17.1 Å². The number of benzene rings is 2. The molecule has 1 aliphatic heterocycles. The lowest BCUT2D eigenvalue weighted by Crippen LogP contribution is -2.27. The summed E-state index contributed by atoms with van der Waals surface area (Å²) >= 11 is 6.76. The van der Waals surface area contributed by atoms with Crippen LogP contribution in [0.15, 0.2) is 65.6 Å². The van der Waals surface area contributed by atoms with Crippen LogP contribution in [-0.4, -0.2) is 19.9 Å². The molecule has 140 valence electrons. The molecule has 4 rings (SSSR count). The average molecular weight is 407 g/mol. The van der Waals surface area contributed by atoms with Crippen molar-refractivity contribution in [1.29, 1.82) is 0 Å². The number of carbonyl (C=O) groups excluding carboxylic acids is 1. The van der Waals surface area contributed by atoms with E-state index in [0.717, 1.165) is 28.3 Å². The Morgan fingerprint density at radius 1 is 1.00 bits per heavy atom. The smallest absolute Gasteiger partial charge is 0.270 e. The van der Waals surface area contributed by atoms with Crippen LogP contribution in [0.2, 0.25) is 0 Å². The topological polar surface area (TPSA) is 45.5 Å². The van der Waals surface area contributed by atoms with Crippen molar-refractivity contribution in [3.8, 4) is 11.4 Å². The summed E-state index contributed by atoms with van der Waals surface area (Å²) < 4.78 is 2.64. The van der Waals surface area contributed by atoms with Crippen molar-refractivity contribution >= 4 is 46.0 Å². The SMILES string of the molecule is Cc1cc(/C=C2/SC(=S)N(c3ccccc3)C2=O)c(C)n1-c1ccc(O)cc1. The summed E-state index contributed by atoms with van der Waals surface area (Å²) in [6.07, 6.45) is 1.90. The number of phenols is 1. The van der Waals surface area contributed by atoms with Crippen molar-refractivity contribution in [2.24, 2.45) is 0 Å². The molecule has 0 saturated carbocycles. The van der Waals surface area contributed by atoms with E-state index in [1.54, 1.807) is 17.0 Å². The minimum atomic E-state index is -0.101. The van der Waals surface area contributed by atoms with Gasteiger partial charge < -0.3 is 9.67 Å². The summed E-state index contributed by atoms with van der Waals surface area (Å²) in [6, 6.07) is 18.6. The molecule has 3 aromatic rings. The number of nitrogens with zero attached hydrogens (tertiary/aromatic N) is 2. The van der Waals surface area contributed by atoms with Crippen LogP contribution >= 0.6 is 24.0 Å². The number of phenolic OH excluding ortho intramolecular Hbond substituents is 1. The van der Waals surface area contributed by atoms with Crippen LogP contribution in [0.3, 0.4) is 0 Å². The van der Waals surface area contributed by atoms with Gasteiger partial charge in [0.15, 0.2) is 4.32 Å². The highest BCUT2D eigenvalue weighted by Gasteiger charge is 2.33. The van der Waals surface area contributed by atoms with Gasteiger partial charge in [-0.15, -0.1) is 0 Å². The molecule has 1 amide bonds. The molecule has 6 heteroatoms. The lowest BCUT2D eigenvalue weighted by atomic mass is 10.2. The summed E-state index contributed by atoms with van der Waals surface area (Å²) in [5.74, 6) is 0.131. The van der Waals surface area contributed by atoms with E-state index in [-0.39, 0.29) is 11.7 Å². The van der Waals surface area contributed by atoms with Gasteiger partial charge in [0.1, 0.15) is 5.75 Å². The number of thioether (sulfide) groups is 1. The quantitative estimate of drug-likeness (QED) is 0.479. The molecular formula is C22H18N2O2S2. The van der Waals surface area contributed by atoms with E-state index >= 15 is 0 Å². The number of aryl methyl sites for hydroxylation is 1. The summed E-state index contributed by atoms with van der Waals surface area (Å²) in [6.45, 7) is 4.04. The lowest BCUT2D eigenvalue weighted by molar-refractivity contribution is -0.113. The zero-order chi connectivity index (χ0) is 19.8. The maximum absolute atomic E-state index is 12.9. The van der Waals surface area contributed by atoms with E-state index in [1.807, 2.05) is 62.4 Å². The number of anilines is 1. The molecule has 1 aliphatic rings. The summed E-state index contributed by atoms with van der Waals surface area (Å²) in [4.78, 5) is 15.1. The number of thiocarbonyl (C=S) groups is 1. The number of hydrogen-bond acceptors (Lipinski definition) is 4. The zero-order valence-corrected chi connectivity index (χ0v) is 17.1. The van der Waals surface area contributed by atoms with Crippen molar-refractivity contribution in [2.75, 3.05) is 4.90 Å². The zero-order valence-electron chi connectivity index (χ0n) is 15.4. The van der Waals surface area contributed by atoms with E-state index in [9.17, 15) is 9.90 Å². The Bertz CT molecular complexity index is 1100. The van der Waals surface area contributed by atoms with Crippen LogP contribution < -0.4 is 4.90 Å². The highest BCUT2D eigenvalue weighted by atomic mass is 32.2. The summed E-state index contributed by atoms with van der Waals surface area (Å²) in [5.41, 5.74) is 4.78. The molecule has 1 aromatic heterocycles. The normalized spacial score (nSPS) is 15.6. The maximum atomic E-state index is 12.9. The fraction of sp³-hybridized carbons (Fsp3) is 0.0909. The fourth-order valence-electron chi connectivity index (χ4n) is 3.34. The van der Waals surface area contributed by atoms with Crippen molar-refractivity contribution in [1.82, 2.24) is 4.57 Å². The van der Waals surface area contributed by atoms with Crippen LogP contribution in [0.1, 0.15) is 17.0 Å². The molecule has 28 heavy (non-hydrogen) atoms. The number of para-hydroxylation sites is 1. The molecule has 0 bridgehead atoms. The number of aromatic nitrogens is 1. The highest BCUT2D eigenvalue weighted by molar-refractivity contribution is 8.27. The van der Waals surface area contributed by atoms with Gasteiger partial charge in [0.2, 0.25) is 0 Å². The van der Waals surface area contributed by atoms with Crippen molar-refractivity contribution in [3.63, 3.8) is 0 Å². The second-order valence-electron chi connectivity index (χ2n) is 6.53. The highest BCUT2D eigenvalue weighted by Crippen LogP contribution is 2.36. The lowest BCUT2D eigenvalue weighted by Gasteiger charge is -2.13. The van der Waals surface area contributed by atoms with Gasteiger partial charge in [-0.25, -0.2) is 0 Å². The minimum absolute atomic E-state index is 0.101. The molecule has 2 aromatic carbocycles. The Morgan fingerprint density at radius 3 is 2.36 bits per heavy atom. The van der Waals surface area contributed by atoms with E-state index in [4.69, 9.17) is 12.2 Å². The van der Waals surface area contributed by atoms with Crippen LogP contribution in [0.25, 0.3) is 11.8 Å². The van der Waals surface area contributed by atoms with Crippen LogP contribution in [-0.2, 0) is 4.79 Å². The third kappa shape index (κ3) is 3.25. The molecule has 4 nitrogen and oxygen atoms in total.